The molecule has 0 aromatic rings. The molecule has 39 valence electrons. The van der Waals surface area contributed by atoms with E-state index in [1.807, 2.05) is 0 Å². The van der Waals surface area contributed by atoms with Crippen LogP contribution in [0.1, 0.15) is 19.3 Å². The minimum atomic E-state index is 0.624. The summed E-state index contributed by atoms with van der Waals surface area (Å²) in [6.45, 7) is 0. The van der Waals surface area contributed by atoms with Crippen molar-refractivity contribution in [2.75, 3.05) is 0 Å². The lowest BCUT2D eigenvalue weighted by atomic mass is 9.89. The molecule has 2 heterocycles. The Kier molecular flexibility index (Phi) is 0.680. The first kappa shape index (κ1) is 3.90. The summed E-state index contributed by atoms with van der Waals surface area (Å²) < 4.78 is 5.34. The monoisotopic (exact) mass is 97.1 g/mol. The van der Waals surface area contributed by atoms with Gasteiger partial charge in [0, 0.05) is 0 Å². The summed E-state index contributed by atoms with van der Waals surface area (Å²) >= 11 is 0. The molecule has 0 N–H and O–H groups in total. The van der Waals surface area contributed by atoms with Gasteiger partial charge in [0.25, 0.3) is 0 Å². The fraction of sp³-hybridized carbons (Fsp3) is 0.833. The Labute approximate surface area is 43.7 Å². The molecule has 1 aliphatic carbocycles. The van der Waals surface area contributed by atoms with Crippen molar-refractivity contribution in [2.24, 2.45) is 0 Å². The fourth-order valence-corrected chi connectivity index (χ4v) is 1.33. The molecule has 3 rings (SSSR count). The highest BCUT2D eigenvalue weighted by molar-refractivity contribution is 4.91. The van der Waals surface area contributed by atoms with Crippen LogP contribution in [-0.4, -0.2) is 12.2 Å². The molecule has 0 aromatic heterocycles. The van der Waals surface area contributed by atoms with Crippen molar-refractivity contribution in [3.63, 3.8) is 0 Å². The normalized spacial score (nSPS) is 48.0. The van der Waals surface area contributed by atoms with Gasteiger partial charge >= 0.3 is 0 Å². The molecule has 1 heteroatoms. The van der Waals surface area contributed by atoms with Crippen molar-refractivity contribution in [1.29, 1.82) is 0 Å². The minimum Gasteiger partial charge on any atom is -0.375 e. The van der Waals surface area contributed by atoms with Crippen molar-refractivity contribution in [1.82, 2.24) is 0 Å². The molecule has 2 atom stereocenters. The highest BCUT2D eigenvalue weighted by atomic mass is 16.5. The molecule has 2 aliphatic heterocycles. The topological polar surface area (TPSA) is 9.23 Å². The van der Waals surface area contributed by atoms with Gasteiger partial charge in [-0.25, -0.2) is 0 Å². The van der Waals surface area contributed by atoms with Crippen molar-refractivity contribution in [2.45, 2.75) is 31.5 Å². The number of hydrogen-bond donors (Lipinski definition) is 0. The lowest BCUT2D eigenvalue weighted by Gasteiger charge is -2.40. The molecule has 7 heavy (non-hydrogen) atoms. The van der Waals surface area contributed by atoms with Crippen molar-refractivity contribution in [3.05, 3.63) is 6.42 Å². The van der Waals surface area contributed by atoms with Crippen LogP contribution in [0, 0.1) is 6.42 Å². The first-order valence-electron chi connectivity index (χ1n) is 2.92. The zero-order valence-electron chi connectivity index (χ0n) is 4.26. The van der Waals surface area contributed by atoms with E-state index in [4.69, 9.17) is 4.74 Å². The fourth-order valence-electron chi connectivity index (χ4n) is 1.33. The molecule has 3 fully saturated rings. The Morgan fingerprint density at radius 1 is 1.29 bits per heavy atom. The van der Waals surface area contributed by atoms with Crippen LogP contribution in [0.2, 0.25) is 0 Å². The second-order valence-corrected chi connectivity index (χ2v) is 2.38. The lowest BCUT2D eigenvalue weighted by Crippen LogP contribution is -2.41. The molecular weight excluding hydrogens is 88.1 g/mol. The maximum Gasteiger partial charge on any atom is 0.0606 e. The molecule has 0 aromatic carbocycles. The third-order valence-corrected chi connectivity index (χ3v) is 1.77. The molecule has 1 saturated carbocycles. The van der Waals surface area contributed by atoms with Gasteiger partial charge in [0.2, 0.25) is 0 Å². The quantitative estimate of drug-likeness (QED) is 0.440. The minimum absolute atomic E-state index is 0.624. The van der Waals surface area contributed by atoms with E-state index in [2.05, 4.69) is 6.42 Å². The first-order valence-corrected chi connectivity index (χ1v) is 2.92. The molecule has 0 amide bonds. The van der Waals surface area contributed by atoms with Gasteiger partial charge in [-0.15, -0.1) is 0 Å². The van der Waals surface area contributed by atoms with E-state index in [1.54, 1.807) is 0 Å². The van der Waals surface area contributed by atoms with Gasteiger partial charge in [0.1, 0.15) is 0 Å². The zero-order chi connectivity index (χ0) is 4.69. The third-order valence-electron chi connectivity index (χ3n) is 1.77. The molecule has 2 unspecified atom stereocenters. The molecule has 3 aliphatic rings. The summed E-state index contributed by atoms with van der Waals surface area (Å²) in [5, 5.41) is 0. The van der Waals surface area contributed by atoms with Crippen LogP contribution in [0.15, 0.2) is 0 Å². The molecule has 1 radical (unpaired) electrons. The SMILES string of the molecule is [CH]1CC2CC(C1)O2. The van der Waals surface area contributed by atoms with Gasteiger partial charge in [-0.1, -0.05) is 0 Å². The molecule has 2 saturated heterocycles. The van der Waals surface area contributed by atoms with Crippen LogP contribution < -0.4 is 0 Å². The van der Waals surface area contributed by atoms with Gasteiger partial charge in [-0.05, 0) is 25.7 Å². The second-order valence-electron chi connectivity index (χ2n) is 2.38. The van der Waals surface area contributed by atoms with Gasteiger partial charge in [-0.2, -0.15) is 0 Å². The summed E-state index contributed by atoms with van der Waals surface area (Å²) in [5.41, 5.74) is 0. The van der Waals surface area contributed by atoms with Crippen LogP contribution in [-0.2, 0) is 4.74 Å². The molecule has 2 bridgehead atoms. The van der Waals surface area contributed by atoms with Gasteiger partial charge in [0.05, 0.1) is 12.2 Å². The van der Waals surface area contributed by atoms with Gasteiger partial charge in [0.15, 0.2) is 0 Å². The standard InChI is InChI=1S/C6H9O/c1-2-5-4-6(3-1)7-5/h1,5-6H,2-4H2. The van der Waals surface area contributed by atoms with Crippen LogP contribution in [0.4, 0.5) is 0 Å². The van der Waals surface area contributed by atoms with E-state index < -0.39 is 0 Å². The van der Waals surface area contributed by atoms with Crippen LogP contribution in [0.3, 0.4) is 0 Å². The van der Waals surface area contributed by atoms with Crippen LogP contribution in [0.5, 0.6) is 0 Å². The first-order chi connectivity index (χ1) is 3.45. The van der Waals surface area contributed by atoms with Crippen molar-refractivity contribution < 1.29 is 4.74 Å². The maximum atomic E-state index is 5.34. The number of fused-ring (bicyclic) bond motifs is 2. The van der Waals surface area contributed by atoms with E-state index in [0.717, 1.165) is 0 Å². The smallest absolute Gasteiger partial charge is 0.0606 e. The van der Waals surface area contributed by atoms with E-state index in [-0.39, 0.29) is 0 Å². The van der Waals surface area contributed by atoms with E-state index in [9.17, 15) is 0 Å². The Morgan fingerprint density at radius 3 is 2.00 bits per heavy atom. The summed E-state index contributed by atoms with van der Waals surface area (Å²) in [6, 6.07) is 0. The Morgan fingerprint density at radius 2 is 1.86 bits per heavy atom. The summed E-state index contributed by atoms with van der Waals surface area (Å²) in [5.74, 6) is 0. The average molecular weight is 97.1 g/mol. The zero-order valence-corrected chi connectivity index (χ0v) is 4.26. The van der Waals surface area contributed by atoms with E-state index >= 15 is 0 Å². The molecular formula is C6H9O. The number of ether oxygens (including phenoxy) is 1. The highest BCUT2D eigenvalue weighted by Gasteiger charge is 2.33. The van der Waals surface area contributed by atoms with Crippen LogP contribution >= 0.6 is 0 Å². The number of hydrogen-bond acceptors (Lipinski definition) is 1. The predicted molar refractivity (Wildman–Crippen MR) is 26.8 cm³/mol. The van der Waals surface area contributed by atoms with Crippen LogP contribution in [0.25, 0.3) is 0 Å². The Balaban J connectivity index is 1.99. The van der Waals surface area contributed by atoms with Gasteiger partial charge < -0.3 is 4.74 Å². The second kappa shape index (κ2) is 1.22. The summed E-state index contributed by atoms with van der Waals surface area (Å²) in [7, 11) is 0. The van der Waals surface area contributed by atoms with Crippen molar-refractivity contribution in [3.8, 4) is 0 Å². The van der Waals surface area contributed by atoms with E-state index in [0.29, 0.717) is 12.2 Å². The summed E-state index contributed by atoms with van der Waals surface area (Å²) in [6.07, 6.45) is 7.32. The predicted octanol–water partition coefficient (Wildman–Crippen LogP) is 1.14. The Bertz CT molecular complexity index is 60.7. The average Bonchev–Trinajstić information content (AvgIpc) is 1.67. The highest BCUT2D eigenvalue weighted by Crippen LogP contribution is 2.33. The Hall–Kier alpha value is -0.0400. The summed E-state index contributed by atoms with van der Waals surface area (Å²) in [4.78, 5) is 0. The van der Waals surface area contributed by atoms with Crippen molar-refractivity contribution >= 4 is 0 Å². The lowest BCUT2D eigenvalue weighted by molar-refractivity contribution is -0.141. The third kappa shape index (κ3) is 0.480. The number of rotatable bonds is 0. The maximum absolute atomic E-state index is 5.34. The van der Waals surface area contributed by atoms with E-state index in [1.165, 1.54) is 19.3 Å². The molecule has 1 nitrogen and oxygen atoms in total. The largest absolute Gasteiger partial charge is 0.375 e. The molecule has 0 spiro atoms. The van der Waals surface area contributed by atoms with Gasteiger partial charge in [-0.3, -0.25) is 0 Å².